The summed E-state index contributed by atoms with van der Waals surface area (Å²) >= 11 is 3.17. The van der Waals surface area contributed by atoms with Crippen LogP contribution in [0.4, 0.5) is 6.01 Å². The molecule has 0 fully saturated rings. The molecule has 0 atom stereocenters. The van der Waals surface area contributed by atoms with Crippen molar-refractivity contribution in [1.82, 2.24) is 10.2 Å². The number of rotatable bonds is 3. The number of carbonyl (C=O) groups is 1. The second kappa shape index (κ2) is 4.70. The highest BCUT2D eigenvalue weighted by Crippen LogP contribution is 2.24. The van der Waals surface area contributed by atoms with Crippen molar-refractivity contribution in [1.29, 1.82) is 0 Å². The Hall–Kier alpha value is -1.63. The van der Waals surface area contributed by atoms with Crippen LogP contribution in [0.25, 0.3) is 11.7 Å². The van der Waals surface area contributed by atoms with Crippen molar-refractivity contribution in [2.45, 2.75) is 13.8 Å². The predicted molar refractivity (Wildman–Crippen MR) is 63.2 cm³/mol. The summed E-state index contributed by atoms with van der Waals surface area (Å²) in [7, 11) is 0. The first-order valence-electron chi connectivity index (χ1n) is 4.96. The fraction of sp³-hybridized carbons (Fsp3) is 0.300. The summed E-state index contributed by atoms with van der Waals surface area (Å²) in [6, 6.07) is 3.46. The molecular formula is C10H10BrN3O3. The maximum atomic E-state index is 11.4. The molecule has 0 unspecified atom stereocenters. The van der Waals surface area contributed by atoms with E-state index in [9.17, 15) is 4.79 Å². The highest BCUT2D eigenvalue weighted by atomic mass is 79.9. The number of carbonyl (C=O) groups excluding carboxylic acids is 1. The topological polar surface area (TPSA) is 81.2 Å². The van der Waals surface area contributed by atoms with E-state index >= 15 is 0 Å². The molecule has 0 bridgehead atoms. The van der Waals surface area contributed by atoms with Gasteiger partial charge in [0.1, 0.15) is 0 Å². The lowest BCUT2D eigenvalue weighted by Gasteiger charge is -2.01. The normalized spacial score (nSPS) is 10.8. The van der Waals surface area contributed by atoms with E-state index in [1.54, 1.807) is 26.0 Å². The molecule has 2 aromatic heterocycles. The minimum Gasteiger partial charge on any atom is -0.444 e. The largest absolute Gasteiger partial charge is 0.444 e. The molecule has 1 amide bonds. The lowest BCUT2D eigenvalue weighted by Crippen LogP contribution is -2.17. The molecule has 0 aliphatic carbocycles. The molecule has 7 heteroatoms. The summed E-state index contributed by atoms with van der Waals surface area (Å²) in [6.45, 7) is 3.55. The number of anilines is 1. The molecule has 2 heterocycles. The Balaban J connectivity index is 2.14. The third kappa shape index (κ3) is 2.73. The van der Waals surface area contributed by atoms with Gasteiger partial charge in [-0.2, -0.15) is 0 Å². The van der Waals surface area contributed by atoms with Crippen molar-refractivity contribution in [2.24, 2.45) is 5.92 Å². The van der Waals surface area contributed by atoms with Crippen LogP contribution in [-0.2, 0) is 4.79 Å². The van der Waals surface area contributed by atoms with Crippen molar-refractivity contribution in [3.63, 3.8) is 0 Å². The van der Waals surface area contributed by atoms with E-state index in [1.807, 2.05) is 0 Å². The summed E-state index contributed by atoms with van der Waals surface area (Å²) in [5, 5.41) is 9.97. The van der Waals surface area contributed by atoms with Gasteiger partial charge < -0.3 is 8.83 Å². The summed E-state index contributed by atoms with van der Waals surface area (Å²) in [5.74, 6) is 0.327. The molecule has 0 saturated carbocycles. The van der Waals surface area contributed by atoms with Gasteiger partial charge in [0.15, 0.2) is 10.4 Å². The van der Waals surface area contributed by atoms with Crippen LogP contribution in [0.5, 0.6) is 0 Å². The lowest BCUT2D eigenvalue weighted by atomic mass is 10.2. The summed E-state index contributed by atoms with van der Waals surface area (Å²) in [6.07, 6.45) is 0. The first-order valence-corrected chi connectivity index (χ1v) is 5.75. The van der Waals surface area contributed by atoms with Gasteiger partial charge >= 0.3 is 6.01 Å². The molecule has 0 aliphatic heterocycles. The second-order valence-electron chi connectivity index (χ2n) is 3.66. The van der Waals surface area contributed by atoms with Crippen molar-refractivity contribution in [3.8, 4) is 11.7 Å². The Bertz CT molecular complexity index is 532. The lowest BCUT2D eigenvalue weighted by molar-refractivity contribution is -0.119. The van der Waals surface area contributed by atoms with Crippen LogP contribution in [-0.4, -0.2) is 16.1 Å². The number of hydrogen-bond donors (Lipinski definition) is 1. The van der Waals surface area contributed by atoms with Gasteiger partial charge in [0.25, 0.3) is 5.89 Å². The maximum absolute atomic E-state index is 11.4. The van der Waals surface area contributed by atoms with Gasteiger partial charge in [0, 0.05) is 5.92 Å². The standard InChI is InChI=1S/C10H10BrN3O3/c1-5(2)8(15)12-10-14-13-9(17-10)6-3-4-7(11)16-6/h3-5H,1-2H3,(H,12,14,15). The van der Waals surface area contributed by atoms with Crippen LogP contribution in [0, 0.1) is 5.92 Å². The average Bonchev–Trinajstić information content (AvgIpc) is 2.86. The number of amides is 1. The van der Waals surface area contributed by atoms with Crippen LogP contribution in [0.2, 0.25) is 0 Å². The van der Waals surface area contributed by atoms with Gasteiger partial charge in [0.05, 0.1) is 0 Å². The van der Waals surface area contributed by atoms with Crippen LogP contribution in [0.1, 0.15) is 13.8 Å². The summed E-state index contributed by atoms with van der Waals surface area (Å²) in [4.78, 5) is 11.4. The zero-order valence-electron chi connectivity index (χ0n) is 9.23. The Labute approximate surface area is 106 Å². The molecule has 0 spiro atoms. The number of furan rings is 1. The molecule has 1 N–H and O–H groups in total. The highest BCUT2D eigenvalue weighted by Gasteiger charge is 2.15. The third-order valence-corrected chi connectivity index (χ3v) is 2.39. The Morgan fingerprint density at radius 1 is 1.35 bits per heavy atom. The minimum atomic E-state index is -0.180. The summed E-state index contributed by atoms with van der Waals surface area (Å²) in [5.41, 5.74) is 0. The van der Waals surface area contributed by atoms with Crippen LogP contribution in [0.3, 0.4) is 0 Å². The zero-order valence-corrected chi connectivity index (χ0v) is 10.8. The average molecular weight is 300 g/mol. The zero-order chi connectivity index (χ0) is 12.4. The van der Waals surface area contributed by atoms with E-state index in [1.165, 1.54) is 0 Å². The third-order valence-electron chi connectivity index (χ3n) is 1.96. The van der Waals surface area contributed by atoms with E-state index in [0.717, 1.165) is 0 Å². The molecule has 2 aromatic rings. The first-order chi connectivity index (χ1) is 8.06. The van der Waals surface area contributed by atoms with Crippen LogP contribution < -0.4 is 5.32 Å². The van der Waals surface area contributed by atoms with E-state index in [2.05, 4.69) is 31.4 Å². The molecule has 6 nitrogen and oxygen atoms in total. The van der Waals surface area contributed by atoms with Gasteiger partial charge in [-0.3, -0.25) is 10.1 Å². The molecule has 0 radical (unpaired) electrons. The molecule has 0 aromatic carbocycles. The highest BCUT2D eigenvalue weighted by molar-refractivity contribution is 9.10. The predicted octanol–water partition coefficient (Wildman–Crippen LogP) is 2.69. The first kappa shape index (κ1) is 11.8. The summed E-state index contributed by atoms with van der Waals surface area (Å²) < 4.78 is 11.0. The van der Waals surface area contributed by atoms with Gasteiger partial charge in [0.2, 0.25) is 5.91 Å². The number of hydrogen-bond acceptors (Lipinski definition) is 5. The quantitative estimate of drug-likeness (QED) is 0.942. The van der Waals surface area contributed by atoms with Gasteiger partial charge in [-0.1, -0.05) is 18.9 Å². The SMILES string of the molecule is CC(C)C(=O)Nc1nnc(-c2ccc(Br)o2)o1. The maximum Gasteiger partial charge on any atom is 0.322 e. The van der Waals surface area contributed by atoms with Gasteiger partial charge in [-0.05, 0) is 28.1 Å². The van der Waals surface area contributed by atoms with Crippen molar-refractivity contribution < 1.29 is 13.6 Å². The Morgan fingerprint density at radius 3 is 2.71 bits per heavy atom. The second-order valence-corrected chi connectivity index (χ2v) is 4.44. The molecular weight excluding hydrogens is 290 g/mol. The van der Waals surface area contributed by atoms with Crippen molar-refractivity contribution in [2.75, 3.05) is 5.32 Å². The van der Waals surface area contributed by atoms with Crippen LogP contribution >= 0.6 is 15.9 Å². The van der Waals surface area contributed by atoms with E-state index < -0.39 is 0 Å². The van der Waals surface area contributed by atoms with E-state index in [-0.39, 0.29) is 23.7 Å². The van der Waals surface area contributed by atoms with Crippen molar-refractivity contribution >= 4 is 27.9 Å². The van der Waals surface area contributed by atoms with Gasteiger partial charge in [-0.25, -0.2) is 0 Å². The number of halogens is 1. The minimum absolute atomic E-state index is 0.0613. The molecule has 17 heavy (non-hydrogen) atoms. The van der Waals surface area contributed by atoms with E-state index in [0.29, 0.717) is 10.4 Å². The number of nitrogens with one attached hydrogen (secondary N) is 1. The molecule has 2 rings (SSSR count). The molecule has 0 aliphatic rings. The molecule has 90 valence electrons. The fourth-order valence-electron chi connectivity index (χ4n) is 1.05. The van der Waals surface area contributed by atoms with Crippen molar-refractivity contribution in [3.05, 3.63) is 16.8 Å². The monoisotopic (exact) mass is 299 g/mol. The van der Waals surface area contributed by atoms with Gasteiger partial charge in [-0.15, -0.1) is 5.10 Å². The number of aromatic nitrogens is 2. The number of nitrogens with zero attached hydrogens (tertiary/aromatic N) is 2. The Kier molecular flexibility index (Phi) is 3.28. The Morgan fingerprint density at radius 2 is 2.12 bits per heavy atom. The molecule has 0 saturated heterocycles. The van der Waals surface area contributed by atoms with E-state index in [4.69, 9.17) is 8.83 Å². The van der Waals surface area contributed by atoms with Crippen LogP contribution in [0.15, 0.2) is 25.6 Å². The smallest absolute Gasteiger partial charge is 0.322 e. The fourth-order valence-corrected chi connectivity index (χ4v) is 1.36.